The van der Waals surface area contributed by atoms with Gasteiger partial charge in [0.05, 0.1) is 16.9 Å². The van der Waals surface area contributed by atoms with Crippen molar-refractivity contribution in [1.29, 1.82) is 0 Å². The Kier molecular flexibility index (Phi) is 2.71. The predicted molar refractivity (Wildman–Crippen MR) is 64.8 cm³/mol. The number of hydrogen-bond donors (Lipinski definition) is 0. The first-order valence-electron chi connectivity index (χ1n) is 5.74. The highest BCUT2D eigenvalue weighted by Crippen LogP contribution is 2.38. The van der Waals surface area contributed by atoms with Gasteiger partial charge in [0.1, 0.15) is 6.61 Å². The van der Waals surface area contributed by atoms with E-state index >= 15 is 0 Å². The summed E-state index contributed by atoms with van der Waals surface area (Å²) in [6.07, 6.45) is -4.35. The largest absolute Gasteiger partial charge is 0.416 e. The van der Waals surface area contributed by atoms with E-state index in [1.807, 2.05) is 24.3 Å². The van der Waals surface area contributed by atoms with Crippen molar-refractivity contribution in [1.82, 2.24) is 0 Å². The van der Waals surface area contributed by atoms with E-state index in [-0.39, 0.29) is 0 Å². The fourth-order valence-electron chi connectivity index (χ4n) is 2.06. The summed E-state index contributed by atoms with van der Waals surface area (Å²) in [7, 11) is 0. The van der Waals surface area contributed by atoms with Crippen molar-refractivity contribution in [2.45, 2.75) is 12.8 Å². The van der Waals surface area contributed by atoms with Gasteiger partial charge in [-0.05, 0) is 24.3 Å². The number of halogens is 3. The Bertz CT molecular complexity index is 610. The molecule has 2 aromatic rings. The van der Waals surface area contributed by atoms with Crippen molar-refractivity contribution in [2.24, 2.45) is 0 Å². The third-order valence-corrected chi connectivity index (χ3v) is 2.97. The average molecular weight is 265 g/mol. The number of fused-ring (bicyclic) bond motifs is 1. The van der Waals surface area contributed by atoms with Gasteiger partial charge in [-0.15, -0.1) is 0 Å². The van der Waals surface area contributed by atoms with Crippen molar-refractivity contribution in [3.05, 3.63) is 59.7 Å². The second kappa shape index (κ2) is 4.28. The summed E-state index contributed by atoms with van der Waals surface area (Å²) < 4.78 is 38.1. The molecule has 0 aliphatic carbocycles. The maximum absolute atomic E-state index is 12.7. The summed E-state index contributed by atoms with van der Waals surface area (Å²) in [5.74, 6) is 0. The average Bonchev–Trinajstić information content (AvgIpc) is 2.82. The van der Waals surface area contributed by atoms with Gasteiger partial charge in [0.2, 0.25) is 0 Å². The Hall–Kier alpha value is -2.01. The molecule has 0 saturated carbocycles. The van der Waals surface area contributed by atoms with Gasteiger partial charge in [-0.2, -0.15) is 13.2 Å². The minimum atomic E-state index is -4.35. The summed E-state index contributed by atoms with van der Waals surface area (Å²) in [5, 5.41) is 1.44. The lowest BCUT2D eigenvalue weighted by atomic mass is 10.1. The zero-order chi connectivity index (χ0) is 13.5. The van der Waals surface area contributed by atoms with Gasteiger partial charge in [0.15, 0.2) is 0 Å². The highest BCUT2D eigenvalue weighted by atomic mass is 19.4. The summed E-state index contributed by atoms with van der Waals surface area (Å²) in [4.78, 5) is 5.44. The summed E-state index contributed by atoms with van der Waals surface area (Å²) in [6, 6.07) is 12.5. The van der Waals surface area contributed by atoms with Gasteiger partial charge in [0.25, 0.3) is 0 Å². The van der Waals surface area contributed by atoms with Crippen LogP contribution in [0.1, 0.15) is 11.1 Å². The molecule has 0 radical (unpaired) electrons. The number of nitrogens with zero attached hydrogens (tertiary/aromatic N) is 1. The van der Waals surface area contributed by atoms with Gasteiger partial charge in [-0.25, -0.2) is 5.06 Å². The van der Waals surface area contributed by atoms with E-state index in [0.29, 0.717) is 12.3 Å². The molecule has 2 nitrogen and oxygen atoms in total. The van der Waals surface area contributed by atoms with E-state index in [9.17, 15) is 13.2 Å². The Morgan fingerprint density at radius 1 is 1.00 bits per heavy atom. The first-order chi connectivity index (χ1) is 9.05. The van der Waals surface area contributed by atoms with E-state index in [0.717, 1.165) is 23.4 Å². The van der Waals surface area contributed by atoms with Crippen LogP contribution in [-0.2, 0) is 17.6 Å². The molecule has 0 bridgehead atoms. The van der Waals surface area contributed by atoms with Crippen molar-refractivity contribution in [2.75, 3.05) is 5.06 Å². The fourth-order valence-corrected chi connectivity index (χ4v) is 2.06. The molecule has 1 aliphatic rings. The normalized spacial score (nSPS) is 14.6. The van der Waals surface area contributed by atoms with Crippen LogP contribution in [0, 0.1) is 0 Å². The number of anilines is 2. The fraction of sp³-hybridized carbons (Fsp3) is 0.143. The van der Waals surface area contributed by atoms with Crippen LogP contribution in [-0.4, -0.2) is 0 Å². The minimum Gasteiger partial charge on any atom is -0.264 e. The van der Waals surface area contributed by atoms with Crippen molar-refractivity contribution < 1.29 is 18.0 Å². The molecule has 3 rings (SSSR count). The number of rotatable bonds is 1. The van der Waals surface area contributed by atoms with Crippen LogP contribution in [0.3, 0.4) is 0 Å². The van der Waals surface area contributed by atoms with E-state index in [2.05, 4.69) is 0 Å². The molecule has 0 aromatic heterocycles. The lowest BCUT2D eigenvalue weighted by Crippen LogP contribution is -2.12. The molecular weight excluding hydrogens is 255 g/mol. The molecule has 0 saturated heterocycles. The molecule has 0 N–H and O–H groups in total. The van der Waals surface area contributed by atoms with E-state index in [1.165, 1.54) is 11.1 Å². The van der Waals surface area contributed by atoms with Crippen LogP contribution in [0.5, 0.6) is 0 Å². The second-order valence-corrected chi connectivity index (χ2v) is 4.24. The molecule has 1 heterocycles. The summed E-state index contributed by atoms with van der Waals surface area (Å²) >= 11 is 0. The summed E-state index contributed by atoms with van der Waals surface area (Å²) in [6.45, 7) is 0.367. The molecule has 0 fully saturated rings. The van der Waals surface area contributed by atoms with Gasteiger partial charge >= 0.3 is 6.18 Å². The van der Waals surface area contributed by atoms with Crippen LogP contribution in [0.15, 0.2) is 48.5 Å². The number of alkyl halides is 3. The van der Waals surface area contributed by atoms with Crippen LogP contribution in [0.2, 0.25) is 0 Å². The maximum Gasteiger partial charge on any atom is 0.416 e. The third kappa shape index (κ3) is 2.17. The molecular formula is C14H10F3NO. The van der Waals surface area contributed by atoms with Crippen LogP contribution in [0.25, 0.3) is 0 Å². The smallest absolute Gasteiger partial charge is 0.264 e. The topological polar surface area (TPSA) is 12.5 Å². The number of benzene rings is 2. The SMILES string of the molecule is FC(F)(F)c1cccc(N2OCc3ccccc32)c1. The molecule has 0 amide bonds. The van der Waals surface area contributed by atoms with Gasteiger partial charge in [0, 0.05) is 5.56 Å². The Morgan fingerprint density at radius 2 is 1.79 bits per heavy atom. The molecule has 1 aliphatic heterocycles. The van der Waals surface area contributed by atoms with Crippen LogP contribution < -0.4 is 5.06 Å². The highest BCUT2D eigenvalue weighted by Gasteiger charge is 2.31. The third-order valence-electron chi connectivity index (χ3n) is 2.97. The van der Waals surface area contributed by atoms with Crippen LogP contribution in [0.4, 0.5) is 24.5 Å². The first kappa shape index (κ1) is 12.0. The second-order valence-electron chi connectivity index (χ2n) is 4.24. The zero-order valence-corrected chi connectivity index (χ0v) is 9.82. The molecule has 98 valence electrons. The molecule has 0 unspecified atom stereocenters. The number of hydrogen-bond acceptors (Lipinski definition) is 2. The Morgan fingerprint density at radius 3 is 2.58 bits per heavy atom. The molecule has 5 heteroatoms. The van der Waals surface area contributed by atoms with Crippen molar-refractivity contribution in [3.8, 4) is 0 Å². The molecule has 2 aromatic carbocycles. The van der Waals surface area contributed by atoms with Gasteiger partial charge in [-0.1, -0.05) is 24.3 Å². The van der Waals surface area contributed by atoms with Gasteiger partial charge in [-0.3, -0.25) is 4.84 Å². The van der Waals surface area contributed by atoms with E-state index < -0.39 is 11.7 Å². The maximum atomic E-state index is 12.7. The van der Waals surface area contributed by atoms with Crippen molar-refractivity contribution >= 4 is 11.4 Å². The Labute approximate surface area is 108 Å². The zero-order valence-electron chi connectivity index (χ0n) is 9.82. The molecule has 0 spiro atoms. The predicted octanol–water partition coefficient (Wildman–Crippen LogP) is 4.29. The molecule has 19 heavy (non-hydrogen) atoms. The number of para-hydroxylation sites is 1. The Balaban J connectivity index is 2.01. The molecule has 0 atom stereocenters. The van der Waals surface area contributed by atoms with E-state index in [4.69, 9.17) is 4.84 Å². The standard InChI is InChI=1S/C14H10F3NO/c15-14(16,17)11-5-3-6-12(8-11)18-13-7-2-1-4-10(13)9-19-18/h1-8H,9H2. The summed E-state index contributed by atoms with van der Waals surface area (Å²) in [5.41, 5.74) is 1.43. The lowest BCUT2D eigenvalue weighted by molar-refractivity contribution is -0.137. The highest BCUT2D eigenvalue weighted by molar-refractivity contribution is 5.66. The monoisotopic (exact) mass is 265 g/mol. The van der Waals surface area contributed by atoms with Crippen LogP contribution >= 0.6 is 0 Å². The van der Waals surface area contributed by atoms with E-state index in [1.54, 1.807) is 6.07 Å². The quantitative estimate of drug-likeness (QED) is 0.762. The minimum absolute atomic E-state index is 0.367. The van der Waals surface area contributed by atoms with Gasteiger partial charge < -0.3 is 0 Å². The first-order valence-corrected chi connectivity index (χ1v) is 5.74. The van der Waals surface area contributed by atoms with Crippen molar-refractivity contribution in [3.63, 3.8) is 0 Å². The lowest BCUT2D eigenvalue weighted by Gasteiger charge is -2.18.